The van der Waals surface area contributed by atoms with Crippen LogP contribution < -0.4 is 0 Å². The van der Waals surface area contributed by atoms with Crippen LogP contribution in [0.2, 0.25) is 0 Å². The summed E-state index contributed by atoms with van der Waals surface area (Å²) in [6.45, 7) is 28.1. The Morgan fingerprint density at radius 2 is 1.38 bits per heavy atom. The van der Waals surface area contributed by atoms with Crippen molar-refractivity contribution in [3.05, 3.63) is 37.0 Å². The van der Waals surface area contributed by atoms with E-state index in [1.807, 2.05) is 0 Å². The zero-order valence-corrected chi connectivity index (χ0v) is 37.7. The van der Waals surface area contributed by atoms with E-state index < -0.39 is 0 Å². The van der Waals surface area contributed by atoms with Crippen molar-refractivity contribution < 1.29 is 28.0 Å². The molecule has 2 heterocycles. The van der Waals surface area contributed by atoms with Crippen LogP contribution in [0.3, 0.4) is 0 Å². The summed E-state index contributed by atoms with van der Waals surface area (Å²) in [5.74, 6) is 2.66. The third-order valence-electron chi connectivity index (χ3n) is 19.6. The minimum atomic E-state index is -0.225. The highest BCUT2D eigenvalue weighted by atomic mass is 16.5. The molecule has 0 bridgehead atoms. The van der Waals surface area contributed by atoms with Crippen LogP contribution in [0.25, 0.3) is 0 Å². The largest absolute Gasteiger partial charge is 0.461 e. The Morgan fingerprint density at radius 3 is 1.95 bits per heavy atom. The first-order valence-corrected chi connectivity index (χ1v) is 22.6. The Kier molecular flexibility index (Phi) is 10.6. The van der Waals surface area contributed by atoms with Crippen LogP contribution in [0.15, 0.2) is 37.0 Å². The average molecular weight is 777 g/mol. The molecule has 8 nitrogen and oxygen atoms in total. The van der Waals surface area contributed by atoms with Crippen molar-refractivity contribution >= 4 is 11.9 Å². The van der Waals surface area contributed by atoms with Crippen molar-refractivity contribution in [3.8, 4) is 0 Å². The second-order valence-corrected chi connectivity index (χ2v) is 22.5. The van der Waals surface area contributed by atoms with Crippen LogP contribution >= 0.6 is 0 Å². The molecule has 0 saturated heterocycles. The van der Waals surface area contributed by atoms with E-state index >= 15 is 0 Å². The Balaban J connectivity index is 1.09. The van der Waals surface area contributed by atoms with Crippen LogP contribution in [-0.2, 0) is 19.1 Å². The van der Waals surface area contributed by atoms with Gasteiger partial charge in [-0.3, -0.25) is 8.97 Å². The number of hydrogen-bond donors (Lipinski definition) is 0. The molecule has 7 rings (SSSR count). The van der Waals surface area contributed by atoms with E-state index in [0.29, 0.717) is 45.2 Å². The number of likely N-dealkylation sites (N-methyl/N-ethyl adjacent to an activating group) is 4. The summed E-state index contributed by atoms with van der Waals surface area (Å²) in [7, 11) is 8.52. The van der Waals surface area contributed by atoms with Crippen LogP contribution in [0, 0.1) is 56.7 Å². The van der Waals surface area contributed by atoms with Gasteiger partial charge in [-0.05, 0) is 131 Å². The molecule has 5 fully saturated rings. The molecule has 8 unspecified atom stereocenters. The van der Waals surface area contributed by atoms with E-state index in [0.717, 1.165) is 51.9 Å². The van der Waals surface area contributed by atoms with Gasteiger partial charge >= 0.3 is 11.9 Å². The highest BCUT2D eigenvalue weighted by Gasteiger charge is 2.71. The number of rotatable bonds is 8. The zero-order chi connectivity index (χ0) is 40.9. The number of ether oxygens (including phenoxy) is 2. The van der Waals surface area contributed by atoms with Gasteiger partial charge in [0.2, 0.25) is 0 Å². The van der Waals surface area contributed by atoms with Crippen molar-refractivity contribution in [2.24, 2.45) is 56.7 Å². The standard InChI is InChI=1S/C48H80N4O4/c1-33(2)36-16-21-48(32-55-42(53)34(3)51(12)28-24-49(10)25-29-51)23-22-46(8)37(41(36)48)14-15-39-45(7)19-18-40(44(5,6)38(45)17-20-47(39,46)9)56-43(54)35(4)52(13)30-26-50(11)27-31-52/h24,26,28,30,34-41H,1,14-23,25,27,29,31-32H2,2-13H3/q+2/t34?,35?,36-,37?,38?,39?,40-,41?,45-,46+,47+,48+,51?,52?/m0/s1. The normalized spacial score (nSPS) is 46.4. The predicted molar refractivity (Wildman–Crippen MR) is 224 cm³/mol. The molecule has 2 aliphatic heterocycles. The van der Waals surface area contributed by atoms with Gasteiger partial charge in [0, 0.05) is 24.9 Å². The molecule has 314 valence electrons. The molecule has 0 spiro atoms. The summed E-state index contributed by atoms with van der Waals surface area (Å²) in [5, 5.41) is 0. The molecule has 0 radical (unpaired) electrons. The number of fused-ring (bicyclic) bond motifs is 7. The van der Waals surface area contributed by atoms with Crippen LogP contribution in [-0.4, -0.2) is 110 Å². The van der Waals surface area contributed by atoms with Gasteiger partial charge in [-0.25, -0.2) is 9.59 Å². The predicted octanol–water partition coefficient (Wildman–Crippen LogP) is 8.60. The van der Waals surface area contributed by atoms with Crippen LogP contribution in [0.1, 0.15) is 120 Å². The van der Waals surface area contributed by atoms with Crippen molar-refractivity contribution in [2.75, 3.05) is 61.0 Å². The van der Waals surface area contributed by atoms with Gasteiger partial charge in [0.1, 0.15) is 31.6 Å². The Morgan fingerprint density at radius 1 is 0.768 bits per heavy atom. The summed E-state index contributed by atoms with van der Waals surface area (Å²) in [5.41, 5.74) is 1.93. The molecule has 14 atom stereocenters. The molecule has 0 amide bonds. The Hall–Kier alpha value is -2.32. The zero-order valence-electron chi connectivity index (χ0n) is 37.7. The van der Waals surface area contributed by atoms with E-state index in [-0.39, 0.29) is 57.2 Å². The quantitative estimate of drug-likeness (QED) is 0.140. The van der Waals surface area contributed by atoms with Gasteiger partial charge in [-0.15, -0.1) is 0 Å². The fraction of sp³-hybridized carbons (Fsp3) is 0.833. The molecular weight excluding hydrogens is 697 g/mol. The van der Waals surface area contributed by atoms with Gasteiger partial charge < -0.3 is 19.3 Å². The number of nitrogens with zero attached hydrogens (tertiary/aromatic N) is 4. The molecule has 7 aliphatic rings. The summed E-state index contributed by atoms with van der Waals surface area (Å²) < 4.78 is 14.3. The lowest BCUT2D eigenvalue weighted by Crippen LogP contribution is -2.67. The highest BCUT2D eigenvalue weighted by molar-refractivity contribution is 5.74. The minimum absolute atomic E-state index is 0.0319. The Labute approximate surface area is 341 Å². The monoisotopic (exact) mass is 777 g/mol. The summed E-state index contributed by atoms with van der Waals surface area (Å²) >= 11 is 0. The van der Waals surface area contributed by atoms with Crippen molar-refractivity contribution in [1.82, 2.24) is 9.80 Å². The van der Waals surface area contributed by atoms with Gasteiger partial charge in [0.05, 0.1) is 46.2 Å². The topological polar surface area (TPSA) is 59.1 Å². The van der Waals surface area contributed by atoms with Crippen molar-refractivity contribution in [2.45, 2.75) is 138 Å². The van der Waals surface area contributed by atoms with Gasteiger partial charge in [0.25, 0.3) is 0 Å². The van der Waals surface area contributed by atoms with E-state index in [2.05, 4.69) is 125 Å². The average Bonchev–Trinajstić information content (AvgIpc) is 3.54. The lowest BCUT2D eigenvalue weighted by Gasteiger charge is -2.73. The maximum absolute atomic E-state index is 13.9. The molecule has 56 heavy (non-hydrogen) atoms. The summed E-state index contributed by atoms with van der Waals surface area (Å²) in [6, 6.07) is -0.450. The SMILES string of the molecule is C=C(C)[C@@H]1CC[C@]2(COC(=O)C(C)[N+]3(C)C=CN(C)CC3)CC[C@]3(C)C(CCC4[C@@]5(C)CC[C@H](OC(=O)C(C)[N+]6(C)C=CN(C)CC6)C(C)(C)C5CC[C@]43C)C12. The molecule has 0 aromatic rings. The maximum Gasteiger partial charge on any atom is 0.365 e. The van der Waals surface area contributed by atoms with E-state index in [4.69, 9.17) is 9.47 Å². The van der Waals surface area contributed by atoms with E-state index in [9.17, 15) is 9.59 Å². The molecule has 5 saturated carbocycles. The van der Waals surface area contributed by atoms with Gasteiger partial charge in [-0.1, -0.05) is 46.8 Å². The number of hydrogen-bond acceptors (Lipinski definition) is 6. The van der Waals surface area contributed by atoms with Crippen LogP contribution in [0.4, 0.5) is 0 Å². The molecule has 0 N–H and O–H groups in total. The first-order valence-electron chi connectivity index (χ1n) is 22.6. The summed E-state index contributed by atoms with van der Waals surface area (Å²) in [4.78, 5) is 32.1. The minimum Gasteiger partial charge on any atom is -0.461 e. The molecule has 5 aliphatic carbocycles. The van der Waals surface area contributed by atoms with E-state index in [1.165, 1.54) is 44.1 Å². The highest BCUT2D eigenvalue weighted by Crippen LogP contribution is 2.77. The molecule has 0 aromatic carbocycles. The van der Waals surface area contributed by atoms with Crippen molar-refractivity contribution in [1.29, 1.82) is 0 Å². The number of carbonyl (C=O) groups excluding carboxylic acids is 2. The molecular formula is C48H80N4O4+2. The van der Waals surface area contributed by atoms with Gasteiger partial charge in [-0.2, -0.15) is 0 Å². The molecule has 0 aromatic heterocycles. The summed E-state index contributed by atoms with van der Waals surface area (Å²) in [6.07, 6.45) is 20.2. The molecule has 8 heteroatoms. The number of esters is 2. The third-order valence-corrected chi connectivity index (χ3v) is 19.6. The second kappa shape index (κ2) is 14.2. The second-order valence-electron chi connectivity index (χ2n) is 22.5. The fourth-order valence-electron chi connectivity index (χ4n) is 15.0. The first-order chi connectivity index (χ1) is 26.1. The van der Waals surface area contributed by atoms with Crippen molar-refractivity contribution in [3.63, 3.8) is 0 Å². The smallest absolute Gasteiger partial charge is 0.365 e. The third kappa shape index (κ3) is 6.34. The Bertz CT molecular complexity index is 1620. The lowest BCUT2D eigenvalue weighted by atomic mass is 9.32. The maximum atomic E-state index is 13.9. The first kappa shape index (κ1) is 41.8. The lowest BCUT2D eigenvalue weighted by molar-refractivity contribution is -0.876. The van der Waals surface area contributed by atoms with Crippen LogP contribution in [0.5, 0.6) is 0 Å². The van der Waals surface area contributed by atoms with E-state index in [1.54, 1.807) is 0 Å². The number of carbonyl (C=O) groups is 2. The number of quaternary nitrogens is 2. The van der Waals surface area contributed by atoms with Gasteiger partial charge in [0.15, 0.2) is 12.1 Å². The fourth-order valence-corrected chi connectivity index (χ4v) is 15.0. The number of allylic oxidation sites excluding steroid dienone is 1.